The lowest BCUT2D eigenvalue weighted by Crippen LogP contribution is -2.49. The van der Waals surface area contributed by atoms with Crippen LogP contribution in [0.25, 0.3) is 0 Å². The summed E-state index contributed by atoms with van der Waals surface area (Å²) in [6.07, 6.45) is 2.61. The van der Waals surface area contributed by atoms with Crippen LogP contribution in [0.15, 0.2) is 0 Å². The maximum atomic E-state index is 12.1. The zero-order valence-electron chi connectivity index (χ0n) is 14.1. The van der Waals surface area contributed by atoms with Gasteiger partial charge in [-0.15, -0.1) is 0 Å². The smallest absolute Gasteiger partial charge is 0.305 e. The molecule has 0 aromatic rings. The van der Waals surface area contributed by atoms with E-state index in [9.17, 15) is 9.59 Å². The molecule has 124 valence electrons. The third-order valence-electron chi connectivity index (χ3n) is 4.06. The number of hydrogen-bond donors (Lipinski definition) is 3. The highest BCUT2D eigenvalue weighted by Crippen LogP contribution is 2.22. The fraction of sp³-hybridized carbons (Fsp3) is 0.875. The van der Waals surface area contributed by atoms with E-state index in [1.165, 1.54) is 0 Å². The Labute approximate surface area is 128 Å². The molecule has 0 heterocycles. The first-order valence-corrected chi connectivity index (χ1v) is 7.96. The van der Waals surface area contributed by atoms with Crippen LogP contribution in [0.3, 0.4) is 0 Å². The highest BCUT2D eigenvalue weighted by atomic mass is 16.4. The highest BCUT2D eigenvalue weighted by molar-refractivity contribution is 5.82. The number of hydrogen-bond acceptors (Lipinski definition) is 3. The molecule has 0 radical (unpaired) electrons. The molecule has 4 atom stereocenters. The molecule has 0 saturated heterocycles. The Bertz CT molecular complexity index is 331. The lowest BCUT2D eigenvalue weighted by Gasteiger charge is -2.29. The van der Waals surface area contributed by atoms with Crippen molar-refractivity contribution < 1.29 is 14.7 Å². The molecular weight excluding hydrogens is 268 g/mol. The number of amides is 1. The molecule has 0 aromatic carbocycles. The van der Waals surface area contributed by atoms with Crippen LogP contribution in [0.4, 0.5) is 0 Å². The fourth-order valence-electron chi connectivity index (χ4n) is 2.58. The van der Waals surface area contributed by atoms with Crippen molar-refractivity contribution in [2.24, 2.45) is 23.5 Å². The molecule has 21 heavy (non-hydrogen) atoms. The maximum absolute atomic E-state index is 12.1. The van der Waals surface area contributed by atoms with Gasteiger partial charge in [0, 0.05) is 6.04 Å². The predicted molar refractivity (Wildman–Crippen MR) is 84.8 cm³/mol. The summed E-state index contributed by atoms with van der Waals surface area (Å²) in [5, 5.41) is 11.9. The topological polar surface area (TPSA) is 92.4 Å². The normalized spacial score (nSPS) is 17.1. The number of nitrogens with one attached hydrogen (secondary N) is 1. The summed E-state index contributed by atoms with van der Waals surface area (Å²) in [6, 6.07) is -0.940. The molecule has 5 nitrogen and oxygen atoms in total. The minimum atomic E-state index is -0.895. The van der Waals surface area contributed by atoms with E-state index in [-0.39, 0.29) is 24.3 Å². The first-order chi connectivity index (χ1) is 9.68. The first-order valence-electron chi connectivity index (χ1n) is 7.96. The molecule has 1 amide bonds. The van der Waals surface area contributed by atoms with Gasteiger partial charge in [-0.05, 0) is 24.2 Å². The molecular formula is C16H32N2O3. The molecule has 0 bridgehead atoms. The number of carboxylic acid groups (broad SMARTS) is 1. The van der Waals surface area contributed by atoms with Crippen LogP contribution in [-0.4, -0.2) is 29.1 Å². The van der Waals surface area contributed by atoms with E-state index < -0.39 is 12.0 Å². The molecule has 4 unspecified atom stereocenters. The predicted octanol–water partition coefficient (Wildman–Crippen LogP) is 2.39. The fourth-order valence-corrected chi connectivity index (χ4v) is 2.58. The Morgan fingerprint density at radius 3 is 2.19 bits per heavy atom. The second-order valence-electron chi connectivity index (χ2n) is 6.57. The minimum absolute atomic E-state index is 0.0602. The van der Waals surface area contributed by atoms with Gasteiger partial charge >= 0.3 is 5.97 Å². The van der Waals surface area contributed by atoms with E-state index in [2.05, 4.69) is 19.2 Å². The SMILES string of the molecule is CCCC(C)C(C)C(CC(=O)O)NC(=O)C(N)CC(C)C. The summed E-state index contributed by atoms with van der Waals surface area (Å²) >= 11 is 0. The second kappa shape index (κ2) is 9.77. The van der Waals surface area contributed by atoms with Crippen molar-refractivity contribution in [1.82, 2.24) is 5.32 Å². The van der Waals surface area contributed by atoms with E-state index in [4.69, 9.17) is 10.8 Å². The number of nitrogens with two attached hydrogens (primary N) is 1. The van der Waals surface area contributed by atoms with Crippen molar-refractivity contribution in [3.05, 3.63) is 0 Å². The molecule has 0 aliphatic heterocycles. The van der Waals surface area contributed by atoms with E-state index in [1.54, 1.807) is 0 Å². The average Bonchev–Trinajstić information content (AvgIpc) is 2.35. The van der Waals surface area contributed by atoms with Crippen molar-refractivity contribution in [1.29, 1.82) is 0 Å². The van der Waals surface area contributed by atoms with E-state index in [0.717, 1.165) is 12.8 Å². The van der Waals surface area contributed by atoms with Gasteiger partial charge in [0.25, 0.3) is 0 Å². The number of rotatable bonds is 10. The summed E-state index contributed by atoms with van der Waals surface area (Å²) in [7, 11) is 0. The molecule has 0 aliphatic carbocycles. The van der Waals surface area contributed by atoms with Gasteiger partial charge in [-0.3, -0.25) is 9.59 Å². The van der Waals surface area contributed by atoms with Gasteiger partial charge in [0.05, 0.1) is 12.5 Å². The van der Waals surface area contributed by atoms with Crippen molar-refractivity contribution in [2.45, 2.75) is 72.4 Å². The Morgan fingerprint density at radius 2 is 1.76 bits per heavy atom. The van der Waals surface area contributed by atoms with Crippen LogP contribution in [0.2, 0.25) is 0 Å². The van der Waals surface area contributed by atoms with Gasteiger partial charge in [0.2, 0.25) is 5.91 Å². The van der Waals surface area contributed by atoms with Crippen LogP contribution in [-0.2, 0) is 9.59 Å². The summed E-state index contributed by atoms with van der Waals surface area (Å²) < 4.78 is 0. The zero-order valence-corrected chi connectivity index (χ0v) is 14.1. The Morgan fingerprint density at radius 1 is 1.19 bits per heavy atom. The summed E-state index contributed by atoms with van der Waals surface area (Å²) in [6.45, 7) is 10.2. The van der Waals surface area contributed by atoms with Gasteiger partial charge in [-0.25, -0.2) is 0 Å². The molecule has 5 heteroatoms. The van der Waals surface area contributed by atoms with Gasteiger partial charge < -0.3 is 16.2 Å². The highest BCUT2D eigenvalue weighted by Gasteiger charge is 2.27. The van der Waals surface area contributed by atoms with Crippen LogP contribution in [0, 0.1) is 17.8 Å². The summed E-state index contributed by atoms with van der Waals surface area (Å²) in [4.78, 5) is 23.2. The van der Waals surface area contributed by atoms with Crippen LogP contribution in [0.5, 0.6) is 0 Å². The second-order valence-corrected chi connectivity index (χ2v) is 6.57. The third-order valence-corrected chi connectivity index (χ3v) is 4.06. The number of carbonyl (C=O) groups is 2. The minimum Gasteiger partial charge on any atom is -0.481 e. The van der Waals surface area contributed by atoms with Crippen LogP contribution >= 0.6 is 0 Å². The quantitative estimate of drug-likeness (QED) is 0.577. The number of carboxylic acids is 1. The average molecular weight is 300 g/mol. The standard InChI is InChI=1S/C16H32N2O3/c1-6-7-11(4)12(5)14(9-15(19)20)18-16(21)13(17)8-10(2)3/h10-14H,6-9,17H2,1-5H3,(H,18,21)(H,19,20). The summed E-state index contributed by atoms with van der Waals surface area (Å²) in [5.74, 6) is -0.337. The van der Waals surface area contributed by atoms with Crippen molar-refractivity contribution >= 4 is 11.9 Å². The molecule has 0 fully saturated rings. The van der Waals surface area contributed by atoms with Gasteiger partial charge in [0.15, 0.2) is 0 Å². The van der Waals surface area contributed by atoms with Crippen LogP contribution < -0.4 is 11.1 Å². The van der Waals surface area contributed by atoms with Gasteiger partial charge in [0.1, 0.15) is 0 Å². The number of aliphatic carboxylic acids is 1. The molecule has 0 rings (SSSR count). The van der Waals surface area contributed by atoms with Gasteiger partial charge in [-0.1, -0.05) is 47.5 Å². The molecule has 0 saturated carbocycles. The van der Waals surface area contributed by atoms with Crippen molar-refractivity contribution in [3.63, 3.8) is 0 Å². The maximum Gasteiger partial charge on any atom is 0.305 e. The zero-order chi connectivity index (χ0) is 16.6. The summed E-state index contributed by atoms with van der Waals surface area (Å²) in [5.41, 5.74) is 5.87. The Balaban J connectivity index is 4.75. The van der Waals surface area contributed by atoms with Crippen molar-refractivity contribution in [3.8, 4) is 0 Å². The molecule has 0 aromatic heterocycles. The van der Waals surface area contributed by atoms with E-state index >= 15 is 0 Å². The monoisotopic (exact) mass is 300 g/mol. The van der Waals surface area contributed by atoms with Gasteiger partial charge in [-0.2, -0.15) is 0 Å². The lowest BCUT2D eigenvalue weighted by atomic mass is 9.84. The molecule has 0 aliphatic rings. The number of carbonyl (C=O) groups excluding carboxylic acids is 1. The third kappa shape index (κ3) is 8.05. The molecule has 4 N–H and O–H groups in total. The van der Waals surface area contributed by atoms with Crippen molar-refractivity contribution in [2.75, 3.05) is 0 Å². The van der Waals surface area contributed by atoms with Crippen LogP contribution in [0.1, 0.15) is 60.3 Å². The lowest BCUT2D eigenvalue weighted by molar-refractivity contribution is -0.138. The largest absolute Gasteiger partial charge is 0.481 e. The first kappa shape index (κ1) is 19.9. The Hall–Kier alpha value is -1.10. The van der Waals surface area contributed by atoms with E-state index in [1.807, 2.05) is 20.8 Å². The Kier molecular flexibility index (Phi) is 9.26. The van der Waals surface area contributed by atoms with E-state index in [0.29, 0.717) is 18.3 Å². The molecule has 0 spiro atoms.